The van der Waals surface area contributed by atoms with Crippen molar-refractivity contribution < 1.29 is 33.0 Å². The molecule has 208 valence electrons. The van der Waals surface area contributed by atoms with Gasteiger partial charge in [0.15, 0.2) is 11.5 Å². The van der Waals surface area contributed by atoms with Crippen LogP contribution < -0.4 is 29.9 Å². The lowest BCUT2D eigenvalue weighted by atomic mass is 10.1. The monoisotopic (exact) mass is 545 g/mol. The lowest BCUT2D eigenvalue weighted by Crippen LogP contribution is -2.29. The first kappa shape index (κ1) is 28.2. The Morgan fingerprint density at radius 3 is 2.15 bits per heavy atom. The molecule has 0 aliphatic heterocycles. The highest BCUT2D eigenvalue weighted by atomic mass is 16.5. The molecule has 9 heteroatoms. The van der Waals surface area contributed by atoms with E-state index < -0.39 is 17.5 Å². The van der Waals surface area contributed by atoms with Crippen LogP contribution in [0.5, 0.6) is 23.0 Å². The third-order valence-corrected chi connectivity index (χ3v) is 5.85. The molecule has 0 bridgehead atoms. The minimum absolute atomic E-state index is 0.105. The quantitative estimate of drug-likeness (QED) is 0.147. The summed E-state index contributed by atoms with van der Waals surface area (Å²) in [7, 11) is 0. The molecule has 40 heavy (non-hydrogen) atoms. The van der Waals surface area contributed by atoms with Gasteiger partial charge in [-0.05, 0) is 63.1 Å². The van der Waals surface area contributed by atoms with Crippen LogP contribution in [0.1, 0.15) is 47.1 Å². The minimum Gasteiger partial charge on any atom is -0.490 e. The summed E-state index contributed by atoms with van der Waals surface area (Å²) in [5.74, 6) is 0.108. The Labute approximate surface area is 231 Å². The lowest BCUT2D eigenvalue weighted by Gasteiger charge is -2.16. The van der Waals surface area contributed by atoms with Crippen molar-refractivity contribution in [2.24, 2.45) is 0 Å². The average molecular weight is 546 g/mol. The molecule has 1 N–H and O–H groups in total. The van der Waals surface area contributed by atoms with Crippen LogP contribution in [-0.4, -0.2) is 38.2 Å². The highest BCUT2D eigenvalue weighted by Gasteiger charge is 2.20. The van der Waals surface area contributed by atoms with Gasteiger partial charge in [0.2, 0.25) is 5.75 Å². The number of amides is 1. The van der Waals surface area contributed by atoms with Crippen LogP contribution in [0, 0.1) is 0 Å². The van der Waals surface area contributed by atoms with Crippen LogP contribution in [-0.2, 0) is 6.42 Å². The minimum atomic E-state index is -0.789. The van der Waals surface area contributed by atoms with Crippen molar-refractivity contribution in [1.82, 2.24) is 5.32 Å². The predicted molar refractivity (Wildman–Crippen MR) is 150 cm³/mol. The molecule has 0 radical (unpaired) electrons. The molecule has 0 saturated carbocycles. The number of nitrogens with one attached hydrogen (secondary N) is 1. The molecule has 3 aromatic carbocycles. The van der Waals surface area contributed by atoms with Gasteiger partial charge in [0.25, 0.3) is 5.91 Å². The van der Waals surface area contributed by atoms with Gasteiger partial charge in [0.1, 0.15) is 16.9 Å². The number of ether oxygens (including phenoxy) is 4. The van der Waals surface area contributed by atoms with Gasteiger partial charge < -0.3 is 28.7 Å². The summed E-state index contributed by atoms with van der Waals surface area (Å²) in [6, 6.07) is 18.8. The summed E-state index contributed by atoms with van der Waals surface area (Å²) in [4.78, 5) is 38.2. The second-order valence-electron chi connectivity index (χ2n) is 8.63. The molecule has 0 atom stereocenters. The zero-order valence-electron chi connectivity index (χ0n) is 22.7. The van der Waals surface area contributed by atoms with E-state index in [4.69, 9.17) is 23.4 Å². The maximum absolute atomic E-state index is 13.0. The summed E-state index contributed by atoms with van der Waals surface area (Å²) < 4.78 is 28.0. The molecule has 1 amide bonds. The van der Waals surface area contributed by atoms with Gasteiger partial charge in [-0.1, -0.05) is 30.3 Å². The molecule has 0 aliphatic rings. The summed E-state index contributed by atoms with van der Waals surface area (Å²) >= 11 is 0. The third kappa shape index (κ3) is 6.79. The Hall–Kier alpha value is -4.79. The summed E-state index contributed by atoms with van der Waals surface area (Å²) in [5, 5.41) is 3.26. The van der Waals surface area contributed by atoms with Crippen LogP contribution in [0.4, 0.5) is 0 Å². The molecule has 4 aromatic rings. The van der Waals surface area contributed by atoms with Crippen molar-refractivity contribution in [3.63, 3.8) is 0 Å². The molecular formula is C31H31NO8. The summed E-state index contributed by atoms with van der Waals surface area (Å²) in [6.07, 6.45) is 0.632. The number of carbonyl (C=O) groups excluding carboxylic acids is 2. The van der Waals surface area contributed by atoms with Crippen molar-refractivity contribution in [3.8, 4) is 23.0 Å². The topological polar surface area (TPSA) is 113 Å². The van der Waals surface area contributed by atoms with E-state index >= 15 is 0 Å². The number of esters is 1. The molecule has 9 nitrogen and oxygen atoms in total. The number of hydrogen-bond acceptors (Lipinski definition) is 8. The van der Waals surface area contributed by atoms with Crippen LogP contribution in [0.25, 0.3) is 11.0 Å². The smallest absolute Gasteiger partial charge is 0.349 e. The van der Waals surface area contributed by atoms with Crippen LogP contribution in [0.15, 0.2) is 75.9 Å². The van der Waals surface area contributed by atoms with E-state index in [1.807, 2.05) is 51.1 Å². The molecule has 0 unspecified atom stereocenters. The first-order chi connectivity index (χ1) is 19.4. The Bertz CT molecular complexity index is 1520. The van der Waals surface area contributed by atoms with Crippen molar-refractivity contribution in [1.29, 1.82) is 0 Å². The highest BCUT2D eigenvalue weighted by molar-refractivity contribution is 5.97. The molecule has 0 spiro atoms. The number of fused-ring (bicyclic) bond motifs is 1. The van der Waals surface area contributed by atoms with Gasteiger partial charge in [-0.2, -0.15) is 0 Å². The maximum atomic E-state index is 13.0. The molecule has 0 saturated heterocycles. The van der Waals surface area contributed by atoms with Crippen molar-refractivity contribution in [3.05, 3.63) is 93.8 Å². The largest absolute Gasteiger partial charge is 0.490 e. The highest BCUT2D eigenvalue weighted by Crippen LogP contribution is 2.39. The van der Waals surface area contributed by atoms with E-state index in [0.29, 0.717) is 55.4 Å². The Kier molecular flexibility index (Phi) is 9.40. The van der Waals surface area contributed by atoms with E-state index in [9.17, 15) is 14.4 Å². The Balaban J connectivity index is 1.51. The van der Waals surface area contributed by atoms with E-state index in [1.54, 1.807) is 12.1 Å². The van der Waals surface area contributed by atoms with Gasteiger partial charge in [-0.15, -0.1) is 0 Å². The van der Waals surface area contributed by atoms with Gasteiger partial charge in [0.05, 0.1) is 25.4 Å². The fourth-order valence-corrected chi connectivity index (χ4v) is 4.05. The van der Waals surface area contributed by atoms with Crippen LogP contribution in [0.3, 0.4) is 0 Å². The number of hydrogen-bond donors (Lipinski definition) is 1. The first-order valence-electron chi connectivity index (χ1n) is 13.1. The molecule has 0 fully saturated rings. The molecule has 0 aliphatic carbocycles. The molecule has 1 heterocycles. The van der Waals surface area contributed by atoms with E-state index in [0.717, 1.165) is 5.56 Å². The van der Waals surface area contributed by atoms with Gasteiger partial charge >= 0.3 is 11.6 Å². The summed E-state index contributed by atoms with van der Waals surface area (Å²) in [6.45, 7) is 6.97. The number of benzene rings is 3. The molecule has 4 rings (SSSR count). The van der Waals surface area contributed by atoms with E-state index in [2.05, 4.69) is 5.32 Å². The third-order valence-electron chi connectivity index (χ3n) is 5.85. The Morgan fingerprint density at radius 2 is 1.50 bits per heavy atom. The standard InChI is InChI=1S/C31H31NO8/c1-4-36-26-17-22(18-27(37-5-2)28(26)38-6-3)30(34)39-23-13-12-21-16-24(31(35)40-25(21)19-23)29(33)32-15-14-20-10-8-7-9-11-20/h7-13,16-19H,4-6,14-15H2,1-3H3,(H,32,33). The first-order valence-corrected chi connectivity index (χ1v) is 13.1. The summed E-state index contributed by atoms with van der Waals surface area (Å²) in [5.41, 5.74) is 0.546. The molecule has 1 aromatic heterocycles. The zero-order valence-corrected chi connectivity index (χ0v) is 22.7. The normalized spacial score (nSPS) is 10.7. The van der Waals surface area contributed by atoms with Crippen LogP contribution in [0.2, 0.25) is 0 Å². The van der Waals surface area contributed by atoms with Gasteiger partial charge in [-0.3, -0.25) is 4.79 Å². The van der Waals surface area contributed by atoms with Gasteiger partial charge in [-0.25, -0.2) is 9.59 Å². The number of rotatable bonds is 12. The average Bonchev–Trinajstić information content (AvgIpc) is 2.95. The van der Waals surface area contributed by atoms with Crippen molar-refractivity contribution in [2.75, 3.05) is 26.4 Å². The van der Waals surface area contributed by atoms with E-state index in [-0.39, 0.29) is 22.5 Å². The van der Waals surface area contributed by atoms with Gasteiger partial charge in [0, 0.05) is 18.0 Å². The maximum Gasteiger partial charge on any atom is 0.349 e. The Morgan fingerprint density at radius 1 is 0.825 bits per heavy atom. The fraction of sp³-hybridized carbons (Fsp3) is 0.258. The molecular weight excluding hydrogens is 514 g/mol. The van der Waals surface area contributed by atoms with Crippen LogP contribution >= 0.6 is 0 Å². The SMILES string of the molecule is CCOc1cc(C(=O)Oc2ccc3cc(C(=O)NCCc4ccccc4)c(=O)oc3c2)cc(OCC)c1OCC. The van der Waals surface area contributed by atoms with E-state index in [1.165, 1.54) is 24.3 Å². The second kappa shape index (κ2) is 13.3. The number of carbonyl (C=O) groups is 2. The second-order valence-corrected chi connectivity index (χ2v) is 8.63. The predicted octanol–water partition coefficient (Wildman–Crippen LogP) is 5.18. The van der Waals surface area contributed by atoms with Crippen molar-refractivity contribution >= 4 is 22.8 Å². The fourth-order valence-electron chi connectivity index (χ4n) is 4.05. The van der Waals surface area contributed by atoms with Crippen molar-refractivity contribution in [2.45, 2.75) is 27.2 Å². The zero-order chi connectivity index (χ0) is 28.5. The lowest BCUT2D eigenvalue weighted by molar-refractivity contribution is 0.0733.